The molecule has 0 radical (unpaired) electrons. The molecule has 4 unspecified atom stereocenters. The second-order valence-corrected chi connectivity index (χ2v) is 7.14. The van der Waals surface area contributed by atoms with Crippen molar-refractivity contribution in [2.45, 2.75) is 43.3 Å². The van der Waals surface area contributed by atoms with Crippen LogP contribution in [0, 0.1) is 11.8 Å². The Morgan fingerprint density at radius 2 is 2.11 bits per heavy atom. The van der Waals surface area contributed by atoms with E-state index in [-0.39, 0.29) is 0 Å². The van der Waals surface area contributed by atoms with Crippen molar-refractivity contribution >= 4 is 25.3 Å². The molecule has 0 bridgehead atoms. The highest BCUT2D eigenvalue weighted by atomic mass is 32.1. The lowest BCUT2D eigenvalue weighted by molar-refractivity contribution is 0.215. The molecule has 1 aromatic rings. The van der Waals surface area contributed by atoms with E-state index in [2.05, 4.69) is 18.7 Å². The van der Waals surface area contributed by atoms with Crippen molar-refractivity contribution in [3.63, 3.8) is 0 Å². The van der Waals surface area contributed by atoms with Gasteiger partial charge in [-0.15, -0.1) is 0 Å². The van der Waals surface area contributed by atoms with Gasteiger partial charge in [0.1, 0.15) is 5.75 Å². The minimum Gasteiger partial charge on any atom is -0.508 e. The molecule has 0 aromatic heterocycles. The maximum absolute atomic E-state index is 9.64. The molecule has 1 N–H and O–H groups in total. The second kappa shape index (κ2) is 5.61. The molecule has 1 fully saturated rings. The van der Waals surface area contributed by atoms with Crippen LogP contribution in [0.1, 0.15) is 42.7 Å². The van der Waals surface area contributed by atoms with Crippen molar-refractivity contribution in [3.8, 4) is 5.75 Å². The highest BCUT2D eigenvalue weighted by Gasteiger charge is 2.36. The molecule has 0 aliphatic heterocycles. The molecule has 19 heavy (non-hydrogen) atoms. The molecule has 1 nitrogen and oxygen atoms in total. The van der Waals surface area contributed by atoms with Gasteiger partial charge in [0.05, 0.1) is 0 Å². The molecule has 104 valence electrons. The van der Waals surface area contributed by atoms with Crippen LogP contribution in [0.3, 0.4) is 0 Å². The fraction of sp³-hybridized carbons (Fsp3) is 0.625. The van der Waals surface area contributed by atoms with E-state index in [9.17, 15) is 5.11 Å². The number of rotatable bonds is 2. The Morgan fingerprint density at radius 1 is 1.26 bits per heavy atom. The lowest BCUT2D eigenvalue weighted by Crippen LogP contribution is -2.32. The van der Waals surface area contributed by atoms with Crippen molar-refractivity contribution in [1.29, 1.82) is 0 Å². The van der Waals surface area contributed by atoms with Gasteiger partial charge in [-0.05, 0) is 73.1 Å². The number of aryl methyl sites for hydroxylation is 1. The highest BCUT2D eigenvalue weighted by Crippen LogP contribution is 2.48. The van der Waals surface area contributed by atoms with Gasteiger partial charge in [0, 0.05) is 11.0 Å². The van der Waals surface area contributed by atoms with Gasteiger partial charge < -0.3 is 5.11 Å². The van der Waals surface area contributed by atoms with Gasteiger partial charge in [0.2, 0.25) is 0 Å². The average molecular weight is 294 g/mol. The summed E-state index contributed by atoms with van der Waals surface area (Å²) in [6.45, 7) is 0. The SMILES string of the molecule is Oc1ccc2c(c1)CCC1CCC(C(S)CS)CC21. The van der Waals surface area contributed by atoms with E-state index in [1.54, 1.807) is 0 Å². The zero-order valence-electron chi connectivity index (χ0n) is 11.1. The quantitative estimate of drug-likeness (QED) is 0.702. The van der Waals surface area contributed by atoms with E-state index >= 15 is 0 Å². The number of fused-ring (bicyclic) bond motifs is 3. The van der Waals surface area contributed by atoms with Crippen LogP contribution in [0.2, 0.25) is 0 Å². The molecule has 3 heteroatoms. The molecule has 1 aromatic carbocycles. The van der Waals surface area contributed by atoms with Gasteiger partial charge in [-0.1, -0.05) is 6.07 Å². The van der Waals surface area contributed by atoms with Crippen LogP contribution in [0.15, 0.2) is 18.2 Å². The lowest BCUT2D eigenvalue weighted by atomic mass is 9.65. The number of hydrogen-bond donors (Lipinski definition) is 3. The van der Waals surface area contributed by atoms with Gasteiger partial charge in [0.25, 0.3) is 0 Å². The highest BCUT2D eigenvalue weighted by molar-refractivity contribution is 7.84. The molecule has 0 amide bonds. The first-order valence-corrected chi connectivity index (χ1v) is 8.44. The Kier molecular flexibility index (Phi) is 4.04. The first kappa shape index (κ1) is 13.7. The zero-order chi connectivity index (χ0) is 13.4. The third kappa shape index (κ3) is 2.64. The van der Waals surface area contributed by atoms with Gasteiger partial charge >= 0.3 is 0 Å². The summed E-state index contributed by atoms with van der Waals surface area (Å²) in [6, 6.07) is 5.96. The molecular formula is C16H22OS2. The fourth-order valence-corrected chi connectivity index (χ4v) is 4.57. The van der Waals surface area contributed by atoms with Crippen molar-refractivity contribution in [3.05, 3.63) is 29.3 Å². The average Bonchev–Trinajstić information content (AvgIpc) is 2.45. The summed E-state index contributed by atoms with van der Waals surface area (Å²) >= 11 is 9.10. The Morgan fingerprint density at radius 3 is 2.89 bits per heavy atom. The van der Waals surface area contributed by atoms with Crippen LogP contribution in [0.5, 0.6) is 5.75 Å². The molecule has 0 saturated heterocycles. The summed E-state index contributed by atoms with van der Waals surface area (Å²) in [5, 5.41) is 10.1. The monoisotopic (exact) mass is 294 g/mol. The van der Waals surface area contributed by atoms with Crippen molar-refractivity contribution < 1.29 is 5.11 Å². The van der Waals surface area contributed by atoms with Crippen LogP contribution >= 0.6 is 25.3 Å². The largest absolute Gasteiger partial charge is 0.508 e. The van der Waals surface area contributed by atoms with Crippen molar-refractivity contribution in [1.82, 2.24) is 0 Å². The van der Waals surface area contributed by atoms with Gasteiger partial charge in [-0.2, -0.15) is 25.3 Å². The number of aromatic hydroxyl groups is 1. The number of phenols is 1. The van der Waals surface area contributed by atoms with E-state index in [0.717, 1.165) is 18.1 Å². The van der Waals surface area contributed by atoms with Gasteiger partial charge in [-0.25, -0.2) is 0 Å². The van der Waals surface area contributed by atoms with E-state index in [4.69, 9.17) is 12.6 Å². The van der Waals surface area contributed by atoms with Crippen molar-refractivity contribution in [2.75, 3.05) is 5.75 Å². The molecule has 4 atom stereocenters. The normalized spacial score (nSPS) is 31.4. The molecule has 2 aliphatic rings. The van der Waals surface area contributed by atoms with Crippen LogP contribution in [-0.2, 0) is 6.42 Å². The second-order valence-electron chi connectivity index (χ2n) is 6.11. The predicted molar refractivity (Wildman–Crippen MR) is 86.6 cm³/mol. The minimum absolute atomic E-state index is 0.409. The summed E-state index contributed by atoms with van der Waals surface area (Å²) < 4.78 is 0. The first-order chi connectivity index (χ1) is 9.19. The van der Waals surface area contributed by atoms with Crippen LogP contribution in [0.4, 0.5) is 0 Å². The van der Waals surface area contributed by atoms with Crippen LogP contribution < -0.4 is 0 Å². The molecule has 0 heterocycles. The third-order valence-corrected chi connectivity index (χ3v) is 6.36. The zero-order valence-corrected chi connectivity index (χ0v) is 12.9. The van der Waals surface area contributed by atoms with Crippen LogP contribution in [-0.4, -0.2) is 16.1 Å². The van der Waals surface area contributed by atoms with E-state index in [1.807, 2.05) is 12.1 Å². The van der Waals surface area contributed by atoms with E-state index in [1.165, 1.54) is 36.8 Å². The molecule has 1 saturated carbocycles. The molecular weight excluding hydrogens is 272 g/mol. The number of phenolic OH excluding ortho intramolecular Hbond substituents is 1. The first-order valence-electron chi connectivity index (χ1n) is 7.29. The standard InChI is InChI=1S/C16H22OS2/c17-13-5-6-14-11(7-13)3-1-10-2-4-12(8-15(10)14)16(19)9-18/h5-7,10,12,15-19H,1-4,8-9H2. The Labute approximate surface area is 126 Å². The van der Waals surface area contributed by atoms with Gasteiger partial charge in [-0.3, -0.25) is 0 Å². The van der Waals surface area contributed by atoms with Crippen LogP contribution in [0.25, 0.3) is 0 Å². The van der Waals surface area contributed by atoms with E-state index in [0.29, 0.717) is 22.8 Å². The summed E-state index contributed by atoms with van der Waals surface area (Å²) in [5.74, 6) is 3.49. The topological polar surface area (TPSA) is 20.2 Å². The smallest absolute Gasteiger partial charge is 0.115 e. The number of hydrogen-bond acceptors (Lipinski definition) is 3. The Hall–Kier alpha value is -0.280. The summed E-state index contributed by atoms with van der Waals surface area (Å²) in [4.78, 5) is 0. The Balaban J connectivity index is 1.86. The number of benzene rings is 1. The minimum atomic E-state index is 0.409. The van der Waals surface area contributed by atoms with E-state index < -0.39 is 0 Å². The molecule has 2 aliphatic carbocycles. The summed E-state index contributed by atoms with van der Waals surface area (Å²) in [7, 11) is 0. The Bertz CT molecular complexity index is 460. The maximum atomic E-state index is 9.64. The predicted octanol–water partition coefficient (Wildman–Crippen LogP) is 4.07. The number of thiol groups is 2. The summed E-state index contributed by atoms with van der Waals surface area (Å²) in [6.07, 6.45) is 6.30. The molecule has 3 rings (SSSR count). The van der Waals surface area contributed by atoms with Gasteiger partial charge in [0.15, 0.2) is 0 Å². The van der Waals surface area contributed by atoms with Crippen molar-refractivity contribution in [2.24, 2.45) is 11.8 Å². The lowest BCUT2D eigenvalue weighted by Gasteiger charge is -2.42. The molecule has 0 spiro atoms. The maximum Gasteiger partial charge on any atom is 0.115 e. The summed E-state index contributed by atoms with van der Waals surface area (Å²) in [5.41, 5.74) is 2.85. The fourth-order valence-electron chi connectivity index (χ4n) is 4.00. The third-order valence-electron chi connectivity index (χ3n) is 5.08.